The average Bonchev–Trinajstić information content (AvgIpc) is 3.35. The highest BCUT2D eigenvalue weighted by atomic mass is 35.5. The fourth-order valence-electron chi connectivity index (χ4n) is 4.77. The molecule has 0 radical (unpaired) electrons. The number of benzene rings is 3. The van der Waals surface area contributed by atoms with E-state index in [-0.39, 0.29) is 11.9 Å². The van der Waals surface area contributed by atoms with Crippen molar-refractivity contribution >= 4 is 28.9 Å². The summed E-state index contributed by atoms with van der Waals surface area (Å²) in [5, 5.41) is 10.5. The number of aryl methyl sites for hydroxylation is 1. The molecular formula is C25H20ClN3O2. The molecule has 1 spiro atoms. The molecule has 0 saturated carbocycles. The number of para-hydroxylation sites is 1. The molecule has 31 heavy (non-hydrogen) atoms. The SMILES string of the molecule is CCc1ccc2c(c1)[C@]1(Oc3ccccc3[C@H]3CC(c4ccc(Cl)cc4)=NN31)C(=O)N2. The van der Waals surface area contributed by atoms with E-state index in [2.05, 4.69) is 24.4 Å². The Balaban J connectivity index is 1.56. The summed E-state index contributed by atoms with van der Waals surface area (Å²) in [4.78, 5) is 13.5. The molecule has 1 N–H and O–H groups in total. The second-order valence-electron chi connectivity index (χ2n) is 8.09. The van der Waals surface area contributed by atoms with Crippen LogP contribution in [0.5, 0.6) is 5.75 Å². The Bertz CT molecular complexity index is 1250. The van der Waals surface area contributed by atoms with Gasteiger partial charge in [0.15, 0.2) is 0 Å². The number of carbonyl (C=O) groups excluding carboxylic acids is 1. The van der Waals surface area contributed by atoms with Crippen molar-refractivity contribution < 1.29 is 9.53 Å². The lowest BCUT2D eigenvalue weighted by molar-refractivity contribution is -0.161. The number of carbonyl (C=O) groups is 1. The predicted octanol–water partition coefficient (Wildman–Crippen LogP) is 5.25. The zero-order chi connectivity index (χ0) is 21.2. The van der Waals surface area contributed by atoms with Crippen LogP contribution < -0.4 is 10.1 Å². The first kappa shape index (κ1) is 18.5. The van der Waals surface area contributed by atoms with Crippen molar-refractivity contribution in [3.05, 3.63) is 94.0 Å². The topological polar surface area (TPSA) is 53.9 Å². The van der Waals surface area contributed by atoms with E-state index in [1.54, 1.807) is 0 Å². The monoisotopic (exact) mass is 429 g/mol. The Morgan fingerprint density at radius 1 is 1.16 bits per heavy atom. The summed E-state index contributed by atoms with van der Waals surface area (Å²) in [7, 11) is 0. The lowest BCUT2D eigenvalue weighted by Gasteiger charge is -2.44. The summed E-state index contributed by atoms with van der Waals surface area (Å²) in [5.74, 6) is 0.512. The number of rotatable bonds is 2. The van der Waals surface area contributed by atoms with Crippen molar-refractivity contribution in [1.82, 2.24) is 5.01 Å². The molecule has 0 saturated heterocycles. The van der Waals surface area contributed by atoms with Crippen molar-refractivity contribution in [2.45, 2.75) is 31.5 Å². The zero-order valence-corrected chi connectivity index (χ0v) is 17.7. The number of nitrogens with one attached hydrogen (secondary N) is 1. The van der Waals surface area contributed by atoms with E-state index in [1.807, 2.05) is 59.6 Å². The molecule has 3 aliphatic rings. The van der Waals surface area contributed by atoms with E-state index in [1.165, 1.54) is 0 Å². The lowest BCUT2D eigenvalue weighted by Crippen LogP contribution is -2.55. The van der Waals surface area contributed by atoms with Gasteiger partial charge in [0.05, 0.1) is 23.0 Å². The molecule has 3 aliphatic heterocycles. The molecule has 0 bridgehead atoms. The van der Waals surface area contributed by atoms with Gasteiger partial charge in [-0.2, -0.15) is 5.10 Å². The smallest absolute Gasteiger partial charge is 0.306 e. The van der Waals surface area contributed by atoms with Gasteiger partial charge in [0.25, 0.3) is 5.91 Å². The minimum Gasteiger partial charge on any atom is -0.453 e. The first-order valence-electron chi connectivity index (χ1n) is 10.5. The molecule has 6 heteroatoms. The minimum absolute atomic E-state index is 0.0994. The third kappa shape index (κ3) is 2.56. The highest BCUT2D eigenvalue weighted by molar-refractivity contribution is 6.30. The molecular weight excluding hydrogens is 410 g/mol. The lowest BCUT2D eigenvalue weighted by atomic mass is 9.91. The highest BCUT2D eigenvalue weighted by Gasteiger charge is 2.60. The first-order chi connectivity index (χ1) is 15.1. The van der Waals surface area contributed by atoms with Crippen LogP contribution in [0, 0.1) is 0 Å². The van der Waals surface area contributed by atoms with Crippen molar-refractivity contribution in [2.24, 2.45) is 5.10 Å². The second-order valence-corrected chi connectivity index (χ2v) is 8.53. The first-order valence-corrected chi connectivity index (χ1v) is 10.8. The van der Waals surface area contributed by atoms with Crippen LogP contribution in [0.15, 0.2) is 71.8 Å². The van der Waals surface area contributed by atoms with Gasteiger partial charge in [-0.1, -0.05) is 54.9 Å². The summed E-state index contributed by atoms with van der Waals surface area (Å²) in [6, 6.07) is 21.5. The Morgan fingerprint density at radius 3 is 2.77 bits per heavy atom. The number of nitrogens with zero attached hydrogens (tertiary/aromatic N) is 2. The highest BCUT2D eigenvalue weighted by Crippen LogP contribution is 2.54. The Morgan fingerprint density at radius 2 is 1.97 bits per heavy atom. The van der Waals surface area contributed by atoms with Crippen LogP contribution in [0.1, 0.15) is 41.6 Å². The van der Waals surface area contributed by atoms with Gasteiger partial charge < -0.3 is 10.1 Å². The molecule has 3 heterocycles. The third-order valence-corrected chi connectivity index (χ3v) is 6.61. The quantitative estimate of drug-likeness (QED) is 0.605. The Kier molecular flexibility index (Phi) is 3.93. The van der Waals surface area contributed by atoms with Gasteiger partial charge in [0, 0.05) is 17.0 Å². The van der Waals surface area contributed by atoms with Crippen molar-refractivity contribution in [3.8, 4) is 5.75 Å². The normalized spacial score (nSPS) is 23.0. The molecule has 2 atom stereocenters. The maximum atomic E-state index is 13.5. The molecule has 3 aromatic rings. The number of anilines is 1. The predicted molar refractivity (Wildman–Crippen MR) is 120 cm³/mol. The number of hydrogen-bond acceptors (Lipinski definition) is 4. The van der Waals surface area contributed by atoms with E-state index < -0.39 is 5.72 Å². The van der Waals surface area contributed by atoms with E-state index in [0.717, 1.165) is 45.8 Å². The molecule has 0 aliphatic carbocycles. The largest absolute Gasteiger partial charge is 0.453 e. The fraction of sp³-hybridized carbons (Fsp3) is 0.200. The van der Waals surface area contributed by atoms with E-state index in [0.29, 0.717) is 11.4 Å². The van der Waals surface area contributed by atoms with Gasteiger partial charge in [-0.25, -0.2) is 5.01 Å². The number of fused-ring (bicyclic) bond motifs is 6. The van der Waals surface area contributed by atoms with Gasteiger partial charge >= 0.3 is 5.72 Å². The average molecular weight is 430 g/mol. The Labute approximate surface area is 185 Å². The van der Waals surface area contributed by atoms with Crippen LogP contribution in [0.2, 0.25) is 5.02 Å². The Hall–Kier alpha value is -3.31. The van der Waals surface area contributed by atoms with Crippen molar-refractivity contribution in [2.75, 3.05) is 5.32 Å². The third-order valence-electron chi connectivity index (χ3n) is 6.36. The van der Waals surface area contributed by atoms with Crippen LogP contribution in [0.25, 0.3) is 0 Å². The summed E-state index contributed by atoms with van der Waals surface area (Å²) in [6.45, 7) is 2.10. The number of hydrogen-bond donors (Lipinski definition) is 1. The van der Waals surface area contributed by atoms with Gasteiger partial charge in [0.2, 0.25) is 0 Å². The second kappa shape index (κ2) is 6.59. The summed E-state index contributed by atoms with van der Waals surface area (Å²) in [6.07, 6.45) is 1.55. The minimum atomic E-state index is -1.33. The zero-order valence-electron chi connectivity index (χ0n) is 16.9. The van der Waals surface area contributed by atoms with Gasteiger partial charge in [-0.15, -0.1) is 0 Å². The number of hydrazone groups is 1. The maximum absolute atomic E-state index is 13.5. The van der Waals surface area contributed by atoms with Crippen LogP contribution >= 0.6 is 11.6 Å². The van der Waals surface area contributed by atoms with Crippen LogP contribution in [-0.2, 0) is 16.9 Å². The summed E-state index contributed by atoms with van der Waals surface area (Å²) >= 11 is 6.09. The summed E-state index contributed by atoms with van der Waals surface area (Å²) in [5.41, 5.74) is 4.35. The molecule has 0 aromatic heterocycles. The molecule has 1 amide bonds. The van der Waals surface area contributed by atoms with E-state index in [4.69, 9.17) is 21.4 Å². The molecule has 0 unspecified atom stereocenters. The molecule has 5 nitrogen and oxygen atoms in total. The molecule has 154 valence electrons. The molecule has 6 rings (SSSR count). The fourth-order valence-corrected chi connectivity index (χ4v) is 4.90. The number of ether oxygens (including phenoxy) is 1. The van der Waals surface area contributed by atoms with Crippen LogP contribution in [0.4, 0.5) is 5.69 Å². The number of halogens is 1. The van der Waals surface area contributed by atoms with Crippen LogP contribution in [-0.4, -0.2) is 16.6 Å². The maximum Gasteiger partial charge on any atom is 0.306 e. The van der Waals surface area contributed by atoms with Crippen molar-refractivity contribution in [3.63, 3.8) is 0 Å². The van der Waals surface area contributed by atoms with E-state index in [9.17, 15) is 4.79 Å². The van der Waals surface area contributed by atoms with Gasteiger partial charge in [0.1, 0.15) is 5.75 Å². The standard InChI is InChI=1S/C25H20ClN3O2/c1-2-15-7-12-20-19(13-15)25(24(30)27-20)29-22(18-5-3-4-6-23(18)31-25)14-21(28-29)16-8-10-17(26)11-9-16/h3-13,22H,2,14H2,1H3,(H,27,30)/t22-,25+/m1/s1. The molecule has 0 fully saturated rings. The van der Waals surface area contributed by atoms with Gasteiger partial charge in [-0.3, -0.25) is 4.79 Å². The number of amides is 1. The van der Waals surface area contributed by atoms with Crippen molar-refractivity contribution in [1.29, 1.82) is 0 Å². The van der Waals surface area contributed by atoms with E-state index >= 15 is 0 Å². The van der Waals surface area contributed by atoms with Crippen LogP contribution in [0.3, 0.4) is 0 Å². The summed E-state index contributed by atoms with van der Waals surface area (Å²) < 4.78 is 6.52. The van der Waals surface area contributed by atoms with Gasteiger partial charge in [-0.05, 0) is 47.9 Å². The molecule has 3 aromatic carbocycles.